The summed E-state index contributed by atoms with van der Waals surface area (Å²) in [6.45, 7) is 4.05. The van der Waals surface area contributed by atoms with Crippen LogP contribution in [-0.2, 0) is 4.57 Å². The second-order valence-corrected chi connectivity index (χ2v) is 13.1. The fraction of sp³-hybridized carbons (Fsp3) is 0.100. The van der Waals surface area contributed by atoms with Gasteiger partial charge in [0, 0.05) is 21.8 Å². The molecule has 30 heavy (non-hydrogen) atoms. The number of amides is 1. The Morgan fingerprint density at radius 3 is 1.87 bits per heavy atom. The number of benzene rings is 2. The number of carbonyl (C=O) groups is 1. The van der Waals surface area contributed by atoms with Gasteiger partial charge in [0.25, 0.3) is 5.91 Å². The van der Waals surface area contributed by atoms with Crippen LogP contribution >= 0.6 is 38.9 Å². The van der Waals surface area contributed by atoms with Gasteiger partial charge in [-0.1, -0.05) is 23.3 Å². The summed E-state index contributed by atoms with van der Waals surface area (Å²) >= 11 is 13.8. The molecule has 0 unspecified atom stereocenters. The Labute approximate surface area is 187 Å². The van der Waals surface area contributed by atoms with Crippen LogP contribution in [0.4, 0.5) is 0 Å². The number of H-pyrrole nitrogens is 2. The van der Waals surface area contributed by atoms with Crippen LogP contribution in [0.15, 0.2) is 48.5 Å². The Balaban J connectivity index is 0.000000176. The molecule has 1 amide bonds. The van der Waals surface area contributed by atoms with Crippen molar-refractivity contribution in [3.63, 3.8) is 0 Å². The lowest BCUT2D eigenvalue weighted by Crippen LogP contribution is -2.10. The lowest BCUT2D eigenvalue weighted by Gasteiger charge is -1.90. The van der Waals surface area contributed by atoms with Crippen LogP contribution in [0.3, 0.4) is 0 Å². The minimum atomic E-state index is -3.22. The number of halogens is 3. The molecule has 0 atom stereocenters. The summed E-state index contributed by atoms with van der Waals surface area (Å²) in [5, 5.41) is 7.53. The third-order valence-electron chi connectivity index (χ3n) is 3.94. The number of hydrogen-bond donors (Lipinski definition) is 3. The fourth-order valence-electron chi connectivity index (χ4n) is 2.70. The predicted molar refractivity (Wildman–Crippen MR) is 124 cm³/mol. The Morgan fingerprint density at radius 1 is 0.933 bits per heavy atom. The van der Waals surface area contributed by atoms with E-state index in [4.69, 9.17) is 11.0 Å². The van der Waals surface area contributed by atoms with Gasteiger partial charge in [0.05, 0.1) is 0 Å². The summed E-state index contributed by atoms with van der Waals surface area (Å²) in [6.07, 6.45) is 0. The molecule has 2 heterocycles. The number of aryl methyl sites for hydroxylation is 2. The highest BCUT2D eigenvalue weighted by Crippen LogP contribution is 2.61. The lowest BCUT2D eigenvalue weighted by atomic mass is 10.2. The molecule has 0 aliphatic carbocycles. The second kappa shape index (κ2) is 10.1. The number of nitriles is 1. The van der Waals surface area contributed by atoms with Gasteiger partial charge < -0.3 is 15.7 Å². The molecular formula is C20H18Cl3N4O2P. The zero-order valence-corrected chi connectivity index (χ0v) is 19.2. The molecule has 0 radical (unpaired) electrons. The fourth-order valence-corrected chi connectivity index (χ4v) is 2.70. The maximum absolute atomic E-state index is 10.8. The number of hydrogen-bond acceptors (Lipinski definition) is 3. The number of nitrogens with one attached hydrogen (secondary N) is 2. The summed E-state index contributed by atoms with van der Waals surface area (Å²) in [5.41, 5.74) is 10.6. The molecule has 4 N–H and O–H groups in total. The van der Waals surface area contributed by atoms with Crippen molar-refractivity contribution in [3.05, 3.63) is 71.0 Å². The summed E-state index contributed by atoms with van der Waals surface area (Å²) in [6, 6.07) is 17.7. The van der Waals surface area contributed by atoms with E-state index in [0.29, 0.717) is 11.4 Å². The average molecular weight is 484 g/mol. The molecule has 6 nitrogen and oxygen atoms in total. The number of primary amides is 1. The van der Waals surface area contributed by atoms with Crippen LogP contribution in [-0.4, -0.2) is 15.9 Å². The van der Waals surface area contributed by atoms with E-state index in [9.17, 15) is 9.36 Å². The lowest BCUT2D eigenvalue weighted by molar-refractivity contribution is 0.0996. The zero-order chi connectivity index (χ0) is 22.5. The van der Waals surface area contributed by atoms with Gasteiger partial charge in [-0.05, 0) is 84.0 Å². The number of rotatable bonds is 1. The van der Waals surface area contributed by atoms with E-state index in [1.54, 1.807) is 6.07 Å². The van der Waals surface area contributed by atoms with Crippen LogP contribution in [0, 0.1) is 25.2 Å². The molecule has 2 aromatic heterocycles. The minimum absolute atomic E-state index is 0.422. The average Bonchev–Trinajstić information content (AvgIpc) is 3.23. The zero-order valence-electron chi connectivity index (χ0n) is 16.0. The van der Waals surface area contributed by atoms with Gasteiger partial charge in [0.15, 0.2) is 0 Å². The maximum Gasteiger partial charge on any atom is 0.339 e. The van der Waals surface area contributed by atoms with Crippen LogP contribution in [0.1, 0.15) is 27.3 Å². The number of fused-ring (bicyclic) bond motifs is 2. The van der Waals surface area contributed by atoms with E-state index in [1.807, 2.05) is 50.2 Å². The van der Waals surface area contributed by atoms with Gasteiger partial charge in [0.1, 0.15) is 17.5 Å². The Morgan fingerprint density at radius 2 is 1.40 bits per heavy atom. The monoisotopic (exact) mass is 482 g/mol. The molecule has 156 valence electrons. The smallest absolute Gasteiger partial charge is 0.339 e. The van der Waals surface area contributed by atoms with E-state index in [2.05, 4.69) is 55.8 Å². The van der Waals surface area contributed by atoms with Gasteiger partial charge in [-0.15, -0.1) is 0 Å². The van der Waals surface area contributed by atoms with Crippen molar-refractivity contribution in [3.8, 4) is 6.07 Å². The summed E-state index contributed by atoms with van der Waals surface area (Å²) < 4.78 is 9.51. The molecule has 4 rings (SSSR count). The largest absolute Gasteiger partial charge is 0.364 e. The van der Waals surface area contributed by atoms with E-state index in [1.165, 1.54) is 11.1 Å². The van der Waals surface area contributed by atoms with Gasteiger partial charge in [-0.25, -0.2) is 0 Å². The van der Waals surface area contributed by atoms with Crippen molar-refractivity contribution >= 4 is 66.6 Å². The quantitative estimate of drug-likeness (QED) is 0.260. The normalized spacial score (nSPS) is 10.5. The molecule has 0 aliphatic heterocycles. The number of nitrogens with two attached hydrogens (primary N) is 1. The summed E-state index contributed by atoms with van der Waals surface area (Å²) in [4.78, 5) is 16.8. The van der Waals surface area contributed by atoms with Gasteiger partial charge in [-0.2, -0.15) is 5.26 Å². The summed E-state index contributed by atoms with van der Waals surface area (Å²) in [7, 11) is 0. The van der Waals surface area contributed by atoms with Crippen LogP contribution in [0.25, 0.3) is 21.8 Å². The first-order valence-electron chi connectivity index (χ1n) is 8.54. The topological polar surface area (TPSA) is 116 Å². The molecule has 2 aromatic carbocycles. The van der Waals surface area contributed by atoms with Crippen LogP contribution in [0.5, 0.6) is 0 Å². The van der Waals surface area contributed by atoms with Crippen LogP contribution < -0.4 is 5.73 Å². The van der Waals surface area contributed by atoms with Gasteiger partial charge >= 0.3 is 5.20 Å². The number of carbonyl (C=O) groups excluding carboxylic acids is 1. The SMILES string of the molecule is Cc1ccc2[nH]c(C#N)cc2c1.Cc1ccc2[nH]c(C(N)=O)cc2c1.O=P(Cl)(Cl)Cl. The van der Waals surface area contributed by atoms with E-state index in [0.717, 1.165) is 21.8 Å². The standard InChI is InChI=1S/C10H10N2O.C10H8N2.Cl3OP/c1-6-2-3-8-7(4-6)5-9(12-8)10(11)13;1-7-2-3-10-8(4-7)5-9(6-11)12-10;1-5(2,3)4/h2-5,12H,1H3,(H2,11,13);2-5,12H,1H3;. The highest BCUT2D eigenvalue weighted by atomic mass is 36.0. The second-order valence-electron chi connectivity index (χ2n) is 6.42. The maximum atomic E-state index is 10.8. The molecule has 0 spiro atoms. The molecule has 0 saturated carbocycles. The minimum Gasteiger partial charge on any atom is -0.364 e. The first-order chi connectivity index (χ1) is 14.0. The summed E-state index contributed by atoms with van der Waals surface area (Å²) in [5.74, 6) is -0.422. The van der Waals surface area contributed by atoms with E-state index >= 15 is 0 Å². The van der Waals surface area contributed by atoms with Crippen LogP contribution in [0.2, 0.25) is 0 Å². The molecule has 10 heteroatoms. The first kappa shape index (κ1) is 23.9. The van der Waals surface area contributed by atoms with E-state index < -0.39 is 11.1 Å². The number of nitrogens with zero attached hydrogens (tertiary/aromatic N) is 1. The van der Waals surface area contributed by atoms with Crippen molar-refractivity contribution in [1.29, 1.82) is 5.26 Å². The third kappa shape index (κ3) is 7.44. The Hall–Kier alpha value is -2.42. The van der Waals surface area contributed by atoms with Crippen molar-refractivity contribution in [2.24, 2.45) is 5.73 Å². The molecule has 0 aliphatic rings. The van der Waals surface area contributed by atoms with Crippen molar-refractivity contribution in [2.45, 2.75) is 13.8 Å². The third-order valence-corrected chi connectivity index (χ3v) is 3.94. The molecule has 0 fully saturated rings. The number of aromatic amines is 2. The highest BCUT2D eigenvalue weighted by molar-refractivity contribution is 8.24. The highest BCUT2D eigenvalue weighted by Gasteiger charge is 2.04. The molecule has 0 bridgehead atoms. The van der Waals surface area contributed by atoms with Crippen molar-refractivity contribution in [2.75, 3.05) is 0 Å². The molecular weight excluding hydrogens is 466 g/mol. The van der Waals surface area contributed by atoms with Gasteiger partial charge in [0.2, 0.25) is 0 Å². The van der Waals surface area contributed by atoms with E-state index in [-0.39, 0.29) is 0 Å². The Bertz CT molecular complexity index is 1280. The molecule has 4 aromatic rings. The van der Waals surface area contributed by atoms with Crippen molar-refractivity contribution in [1.82, 2.24) is 9.97 Å². The van der Waals surface area contributed by atoms with Crippen molar-refractivity contribution < 1.29 is 9.36 Å². The Kier molecular flexibility index (Phi) is 8.00. The number of aromatic nitrogens is 2. The van der Waals surface area contributed by atoms with Gasteiger partial charge in [-0.3, -0.25) is 9.36 Å². The molecule has 0 saturated heterocycles. The predicted octanol–water partition coefficient (Wildman–Crippen LogP) is 6.73. The first-order valence-corrected chi connectivity index (χ1v) is 13.0.